The number of aromatic nitrogens is 3. The lowest BCUT2D eigenvalue weighted by Crippen LogP contribution is -2.10. The van der Waals surface area contributed by atoms with E-state index in [9.17, 15) is 4.79 Å². The van der Waals surface area contributed by atoms with Crippen LogP contribution in [0.2, 0.25) is 0 Å². The fraction of sp³-hybridized carbons (Fsp3) is 0.0500. The van der Waals surface area contributed by atoms with E-state index >= 15 is 0 Å². The van der Waals surface area contributed by atoms with Crippen LogP contribution >= 0.6 is 39.0 Å². The Bertz CT molecular complexity index is 1320. The van der Waals surface area contributed by atoms with E-state index in [1.54, 1.807) is 0 Å². The van der Waals surface area contributed by atoms with E-state index in [1.165, 1.54) is 23.1 Å². The number of halogens is 1. The van der Waals surface area contributed by atoms with Crippen molar-refractivity contribution in [1.29, 1.82) is 0 Å². The van der Waals surface area contributed by atoms with Crippen molar-refractivity contribution in [3.05, 3.63) is 74.6 Å². The summed E-state index contributed by atoms with van der Waals surface area (Å²) < 4.78 is 6.71. The Kier molecular flexibility index (Phi) is 4.54. The number of benzene rings is 2. The highest BCUT2D eigenvalue weighted by Crippen LogP contribution is 2.32. The molecule has 0 aliphatic rings. The van der Waals surface area contributed by atoms with Gasteiger partial charge in [0.25, 0.3) is 10.8 Å². The van der Waals surface area contributed by atoms with Crippen molar-refractivity contribution < 1.29 is 4.42 Å². The molecule has 0 bridgehead atoms. The predicted octanol–water partition coefficient (Wildman–Crippen LogP) is 5.85. The molecule has 5 rings (SSSR count). The zero-order valence-electron chi connectivity index (χ0n) is 14.3. The van der Waals surface area contributed by atoms with Gasteiger partial charge in [-0.2, -0.15) is 0 Å². The molecule has 1 N–H and O–H groups in total. The first-order valence-electron chi connectivity index (χ1n) is 8.42. The van der Waals surface area contributed by atoms with Crippen molar-refractivity contribution in [3.63, 3.8) is 0 Å². The summed E-state index contributed by atoms with van der Waals surface area (Å²) in [6, 6.07) is 15.5. The zero-order chi connectivity index (χ0) is 19.1. The number of hydrogen-bond donors (Lipinski definition) is 1. The molecule has 3 aromatic heterocycles. The van der Waals surface area contributed by atoms with E-state index in [2.05, 4.69) is 30.9 Å². The topological polar surface area (TPSA) is 71.8 Å². The van der Waals surface area contributed by atoms with Crippen LogP contribution in [0.1, 0.15) is 5.82 Å². The predicted molar refractivity (Wildman–Crippen MR) is 117 cm³/mol. The standard InChI is InChI=1S/C20H12BrN3O2S2/c21-12-7-5-11(6-8-12)13-9-27-19-17(13)18(25)23-16(24-19)10-28-20-22-14-3-1-2-4-15(14)26-20/h1-9H,10H2,(H,23,24,25). The van der Waals surface area contributed by atoms with Crippen molar-refractivity contribution in [1.82, 2.24) is 15.0 Å². The summed E-state index contributed by atoms with van der Waals surface area (Å²) in [7, 11) is 0. The molecular weight excluding hydrogens is 458 g/mol. The number of aromatic amines is 1. The Morgan fingerprint density at radius 1 is 1.11 bits per heavy atom. The van der Waals surface area contributed by atoms with Gasteiger partial charge in [-0.3, -0.25) is 4.79 Å². The minimum atomic E-state index is -0.127. The van der Waals surface area contributed by atoms with Crippen molar-refractivity contribution in [2.24, 2.45) is 0 Å². The Labute approximate surface area is 176 Å². The molecule has 0 radical (unpaired) electrons. The molecule has 2 aromatic carbocycles. The fourth-order valence-corrected chi connectivity index (χ4v) is 4.89. The second-order valence-corrected chi connectivity index (χ2v) is 8.79. The van der Waals surface area contributed by atoms with Gasteiger partial charge < -0.3 is 9.40 Å². The zero-order valence-corrected chi connectivity index (χ0v) is 17.5. The Morgan fingerprint density at radius 2 is 1.93 bits per heavy atom. The van der Waals surface area contributed by atoms with Gasteiger partial charge in [-0.25, -0.2) is 9.97 Å². The summed E-state index contributed by atoms with van der Waals surface area (Å²) in [5.41, 5.74) is 3.34. The van der Waals surface area contributed by atoms with E-state index in [0.29, 0.717) is 22.2 Å². The monoisotopic (exact) mass is 469 g/mol. The second kappa shape index (κ2) is 7.20. The van der Waals surface area contributed by atoms with Gasteiger partial charge in [0.15, 0.2) is 5.58 Å². The van der Waals surface area contributed by atoms with Crippen LogP contribution in [0.4, 0.5) is 0 Å². The normalized spacial score (nSPS) is 11.5. The maximum atomic E-state index is 12.7. The van der Waals surface area contributed by atoms with Crippen LogP contribution in [0.15, 0.2) is 72.8 Å². The molecule has 3 heterocycles. The Hall–Kier alpha value is -2.42. The molecule has 0 aliphatic heterocycles. The summed E-state index contributed by atoms with van der Waals surface area (Å²) >= 11 is 6.32. The van der Waals surface area contributed by atoms with Crippen LogP contribution < -0.4 is 5.56 Å². The van der Waals surface area contributed by atoms with E-state index in [1.807, 2.05) is 53.9 Å². The van der Waals surface area contributed by atoms with Crippen molar-refractivity contribution in [3.8, 4) is 11.1 Å². The van der Waals surface area contributed by atoms with Gasteiger partial charge in [-0.1, -0.05) is 52.0 Å². The van der Waals surface area contributed by atoms with Crippen LogP contribution in [0, 0.1) is 0 Å². The number of nitrogens with one attached hydrogen (secondary N) is 1. The van der Waals surface area contributed by atoms with E-state index in [4.69, 9.17) is 4.42 Å². The van der Waals surface area contributed by atoms with Gasteiger partial charge in [0.05, 0.1) is 11.1 Å². The maximum absolute atomic E-state index is 12.7. The molecule has 5 aromatic rings. The molecule has 0 saturated heterocycles. The average molecular weight is 470 g/mol. The highest BCUT2D eigenvalue weighted by molar-refractivity contribution is 9.10. The van der Waals surface area contributed by atoms with Crippen molar-refractivity contribution in [2.45, 2.75) is 11.0 Å². The third-order valence-corrected chi connectivity index (χ3v) is 6.50. The summed E-state index contributed by atoms with van der Waals surface area (Å²) in [6.45, 7) is 0. The number of H-pyrrole nitrogens is 1. The van der Waals surface area contributed by atoms with Crippen molar-refractivity contribution >= 4 is 60.3 Å². The Morgan fingerprint density at radius 3 is 2.75 bits per heavy atom. The third-order valence-electron chi connectivity index (χ3n) is 4.25. The van der Waals surface area contributed by atoms with Gasteiger partial charge in [0.2, 0.25) is 0 Å². The van der Waals surface area contributed by atoms with Crippen LogP contribution in [0.3, 0.4) is 0 Å². The van der Waals surface area contributed by atoms with E-state index in [-0.39, 0.29) is 5.56 Å². The highest BCUT2D eigenvalue weighted by atomic mass is 79.9. The molecule has 0 saturated carbocycles. The maximum Gasteiger partial charge on any atom is 0.260 e. The smallest absolute Gasteiger partial charge is 0.260 e. The second-order valence-electron chi connectivity index (χ2n) is 6.09. The largest absolute Gasteiger partial charge is 0.431 e. The molecule has 0 unspecified atom stereocenters. The van der Waals surface area contributed by atoms with Gasteiger partial charge in [-0.05, 0) is 29.8 Å². The van der Waals surface area contributed by atoms with Gasteiger partial charge in [0, 0.05) is 15.4 Å². The molecule has 28 heavy (non-hydrogen) atoms. The summed E-state index contributed by atoms with van der Waals surface area (Å²) in [4.78, 5) is 25.4. The average Bonchev–Trinajstić information content (AvgIpc) is 3.31. The first kappa shape index (κ1) is 17.7. The molecule has 0 atom stereocenters. The van der Waals surface area contributed by atoms with Crippen LogP contribution in [0.25, 0.3) is 32.4 Å². The molecule has 0 aliphatic carbocycles. The SMILES string of the molecule is O=c1[nH]c(CSc2nc3ccccc3o2)nc2scc(-c3ccc(Br)cc3)c12. The van der Waals surface area contributed by atoms with Crippen molar-refractivity contribution in [2.75, 3.05) is 0 Å². The lowest BCUT2D eigenvalue weighted by atomic mass is 10.1. The summed E-state index contributed by atoms with van der Waals surface area (Å²) in [6.07, 6.45) is 0. The van der Waals surface area contributed by atoms with Crippen LogP contribution in [-0.2, 0) is 5.75 Å². The van der Waals surface area contributed by atoms with Gasteiger partial charge in [0.1, 0.15) is 16.2 Å². The molecule has 5 nitrogen and oxygen atoms in total. The molecule has 138 valence electrons. The lowest BCUT2D eigenvalue weighted by molar-refractivity contribution is 0.489. The highest BCUT2D eigenvalue weighted by Gasteiger charge is 2.14. The number of nitrogens with zero attached hydrogens (tertiary/aromatic N) is 2. The summed E-state index contributed by atoms with van der Waals surface area (Å²) in [5.74, 6) is 1.08. The number of rotatable bonds is 4. The molecule has 0 amide bonds. The third kappa shape index (κ3) is 3.28. The van der Waals surface area contributed by atoms with Crippen LogP contribution in [0.5, 0.6) is 0 Å². The van der Waals surface area contributed by atoms with Gasteiger partial charge >= 0.3 is 0 Å². The molecule has 0 spiro atoms. The number of para-hydroxylation sites is 2. The summed E-state index contributed by atoms with van der Waals surface area (Å²) in [5, 5.41) is 3.17. The Balaban J connectivity index is 1.45. The number of fused-ring (bicyclic) bond motifs is 2. The number of hydrogen-bond acceptors (Lipinski definition) is 6. The van der Waals surface area contributed by atoms with Crippen LogP contribution in [-0.4, -0.2) is 15.0 Å². The number of thioether (sulfide) groups is 1. The fourth-order valence-electron chi connectivity index (χ4n) is 2.95. The van der Waals surface area contributed by atoms with Gasteiger partial charge in [-0.15, -0.1) is 11.3 Å². The lowest BCUT2D eigenvalue weighted by Gasteiger charge is -2.01. The minimum Gasteiger partial charge on any atom is -0.431 e. The van der Waals surface area contributed by atoms with E-state index < -0.39 is 0 Å². The minimum absolute atomic E-state index is 0.127. The molecule has 0 fully saturated rings. The molecule has 8 heteroatoms. The number of thiophene rings is 1. The van der Waals surface area contributed by atoms with E-state index in [0.717, 1.165) is 31.5 Å². The molecular formula is C20H12BrN3O2S2. The number of oxazole rings is 1. The first-order valence-corrected chi connectivity index (χ1v) is 11.1. The quantitative estimate of drug-likeness (QED) is 0.334. The first-order chi connectivity index (χ1) is 13.7.